The Morgan fingerprint density at radius 1 is 1.40 bits per heavy atom. The lowest BCUT2D eigenvalue weighted by atomic mass is 10.1. The highest BCUT2D eigenvalue weighted by atomic mass is 16.5. The maximum atomic E-state index is 11.1. The average Bonchev–Trinajstić information content (AvgIpc) is 2.47. The average molecular weight is 278 g/mol. The van der Waals surface area contributed by atoms with Crippen LogP contribution in [0.1, 0.15) is 22.8 Å². The molecule has 0 unspecified atom stereocenters. The summed E-state index contributed by atoms with van der Waals surface area (Å²) in [4.78, 5) is 15.2. The van der Waals surface area contributed by atoms with Gasteiger partial charge in [-0.15, -0.1) is 0 Å². The molecular formula is C14H22N4O2. The minimum absolute atomic E-state index is 0.425. The molecule has 1 rings (SSSR count). The molecule has 0 bridgehead atoms. The van der Waals surface area contributed by atoms with Crippen molar-refractivity contribution in [2.45, 2.75) is 13.5 Å². The van der Waals surface area contributed by atoms with Gasteiger partial charge >= 0.3 is 0 Å². The lowest BCUT2D eigenvalue weighted by Crippen LogP contribution is -2.38. The lowest BCUT2D eigenvalue weighted by Gasteiger charge is -2.12. The molecule has 6 nitrogen and oxygen atoms in total. The van der Waals surface area contributed by atoms with Gasteiger partial charge in [-0.1, -0.05) is 12.1 Å². The van der Waals surface area contributed by atoms with Gasteiger partial charge in [0.05, 0.1) is 6.61 Å². The molecule has 0 aliphatic heterocycles. The Labute approximate surface area is 119 Å². The van der Waals surface area contributed by atoms with Gasteiger partial charge in [0.1, 0.15) is 0 Å². The lowest BCUT2D eigenvalue weighted by molar-refractivity contribution is 0.1000. The van der Waals surface area contributed by atoms with Crippen LogP contribution in [0.4, 0.5) is 0 Å². The van der Waals surface area contributed by atoms with Crippen molar-refractivity contribution in [1.29, 1.82) is 0 Å². The number of carbonyl (C=O) groups is 1. The van der Waals surface area contributed by atoms with Crippen molar-refractivity contribution >= 4 is 11.9 Å². The molecule has 0 aliphatic rings. The molecule has 0 saturated carbocycles. The van der Waals surface area contributed by atoms with E-state index in [-0.39, 0.29) is 0 Å². The van der Waals surface area contributed by atoms with Crippen molar-refractivity contribution in [3.8, 4) is 0 Å². The van der Waals surface area contributed by atoms with E-state index in [0.29, 0.717) is 37.8 Å². The topological polar surface area (TPSA) is 88.7 Å². The number of amides is 1. The van der Waals surface area contributed by atoms with E-state index >= 15 is 0 Å². The third-order valence-corrected chi connectivity index (χ3v) is 2.64. The fourth-order valence-electron chi connectivity index (χ4n) is 1.63. The van der Waals surface area contributed by atoms with Crippen LogP contribution in [0.3, 0.4) is 0 Å². The zero-order chi connectivity index (χ0) is 14.8. The fourth-order valence-corrected chi connectivity index (χ4v) is 1.63. The van der Waals surface area contributed by atoms with E-state index in [4.69, 9.17) is 10.5 Å². The molecule has 0 heterocycles. The third kappa shape index (κ3) is 5.71. The number of hydrogen-bond acceptors (Lipinski definition) is 3. The first-order valence-electron chi connectivity index (χ1n) is 6.58. The van der Waals surface area contributed by atoms with E-state index in [2.05, 4.69) is 15.6 Å². The highest BCUT2D eigenvalue weighted by Gasteiger charge is 2.02. The first-order valence-corrected chi connectivity index (χ1v) is 6.58. The van der Waals surface area contributed by atoms with Crippen LogP contribution >= 0.6 is 0 Å². The second-order valence-electron chi connectivity index (χ2n) is 4.11. The molecule has 0 aromatic heterocycles. The standard InChI is InChI=1S/C14H22N4O2/c1-3-20-8-7-17-14(16-2)18-10-11-5-4-6-12(9-11)13(15)19/h4-6,9H,3,7-8,10H2,1-2H3,(H2,15,19)(H2,16,17,18). The number of benzene rings is 1. The number of nitrogens with two attached hydrogens (primary N) is 1. The number of primary amides is 1. The summed E-state index contributed by atoms with van der Waals surface area (Å²) in [5.74, 6) is 0.264. The molecule has 1 amide bonds. The molecule has 0 radical (unpaired) electrons. The first-order chi connectivity index (χ1) is 9.67. The molecule has 0 aliphatic carbocycles. The zero-order valence-electron chi connectivity index (χ0n) is 12.0. The van der Waals surface area contributed by atoms with Crippen molar-refractivity contribution in [3.63, 3.8) is 0 Å². The van der Waals surface area contributed by atoms with Crippen LogP contribution in [0.25, 0.3) is 0 Å². The maximum absolute atomic E-state index is 11.1. The van der Waals surface area contributed by atoms with Crippen molar-refractivity contribution in [2.75, 3.05) is 26.8 Å². The summed E-state index contributed by atoms with van der Waals surface area (Å²) in [7, 11) is 1.70. The number of rotatable bonds is 7. The summed E-state index contributed by atoms with van der Waals surface area (Å²) in [5.41, 5.74) is 6.72. The van der Waals surface area contributed by atoms with Gasteiger partial charge in [0, 0.05) is 32.3 Å². The number of nitrogens with zero attached hydrogens (tertiary/aromatic N) is 1. The number of ether oxygens (including phenoxy) is 1. The van der Waals surface area contributed by atoms with Gasteiger partial charge in [0.2, 0.25) is 5.91 Å². The van der Waals surface area contributed by atoms with Crippen molar-refractivity contribution < 1.29 is 9.53 Å². The number of hydrogen-bond donors (Lipinski definition) is 3. The molecule has 110 valence electrons. The Kier molecular flexibility index (Phi) is 7.13. The summed E-state index contributed by atoms with van der Waals surface area (Å²) in [6, 6.07) is 7.19. The number of guanidine groups is 1. The Morgan fingerprint density at radius 2 is 2.20 bits per heavy atom. The summed E-state index contributed by atoms with van der Waals surface area (Å²) >= 11 is 0. The Hall–Kier alpha value is -2.08. The van der Waals surface area contributed by atoms with Crippen LogP contribution in [0.15, 0.2) is 29.3 Å². The molecule has 20 heavy (non-hydrogen) atoms. The van der Waals surface area contributed by atoms with Crippen LogP contribution < -0.4 is 16.4 Å². The largest absolute Gasteiger partial charge is 0.380 e. The fraction of sp³-hybridized carbons (Fsp3) is 0.429. The van der Waals surface area contributed by atoms with E-state index in [1.54, 1.807) is 19.2 Å². The predicted octanol–water partition coefficient (Wildman–Crippen LogP) is 0.487. The van der Waals surface area contributed by atoms with Gasteiger partial charge in [-0.05, 0) is 24.6 Å². The second kappa shape index (κ2) is 8.92. The Bertz CT molecular complexity index is 460. The molecule has 1 aromatic carbocycles. The summed E-state index contributed by atoms with van der Waals surface area (Å²) in [6.45, 7) is 4.55. The van der Waals surface area contributed by atoms with E-state index in [1.807, 2.05) is 19.1 Å². The van der Waals surface area contributed by atoms with Gasteiger partial charge in [0.25, 0.3) is 0 Å². The normalized spacial score (nSPS) is 11.2. The van der Waals surface area contributed by atoms with Crippen LogP contribution in [-0.4, -0.2) is 38.7 Å². The molecule has 4 N–H and O–H groups in total. The molecular weight excluding hydrogens is 256 g/mol. The smallest absolute Gasteiger partial charge is 0.248 e. The summed E-state index contributed by atoms with van der Waals surface area (Å²) < 4.78 is 5.24. The first kappa shape index (κ1) is 16.0. The molecule has 0 atom stereocenters. The monoisotopic (exact) mass is 278 g/mol. The predicted molar refractivity (Wildman–Crippen MR) is 79.7 cm³/mol. The van der Waals surface area contributed by atoms with Crippen molar-refractivity contribution in [2.24, 2.45) is 10.7 Å². The summed E-state index contributed by atoms with van der Waals surface area (Å²) in [6.07, 6.45) is 0. The Morgan fingerprint density at radius 3 is 2.85 bits per heavy atom. The zero-order valence-corrected chi connectivity index (χ0v) is 12.0. The maximum Gasteiger partial charge on any atom is 0.248 e. The van der Waals surface area contributed by atoms with Crippen LogP contribution in [0.2, 0.25) is 0 Å². The van der Waals surface area contributed by atoms with Gasteiger partial charge in [-0.3, -0.25) is 9.79 Å². The second-order valence-corrected chi connectivity index (χ2v) is 4.11. The number of aliphatic imine (C=N–C) groups is 1. The van der Waals surface area contributed by atoms with Gasteiger partial charge in [-0.25, -0.2) is 0 Å². The third-order valence-electron chi connectivity index (χ3n) is 2.64. The highest BCUT2D eigenvalue weighted by Crippen LogP contribution is 2.04. The Balaban J connectivity index is 2.44. The van der Waals surface area contributed by atoms with E-state index in [1.165, 1.54) is 0 Å². The van der Waals surface area contributed by atoms with Crippen LogP contribution in [0, 0.1) is 0 Å². The minimum atomic E-state index is -0.425. The van der Waals surface area contributed by atoms with E-state index in [9.17, 15) is 4.79 Å². The molecule has 0 spiro atoms. The highest BCUT2D eigenvalue weighted by molar-refractivity contribution is 5.92. The van der Waals surface area contributed by atoms with Crippen molar-refractivity contribution in [1.82, 2.24) is 10.6 Å². The SMILES string of the molecule is CCOCCNC(=NC)NCc1cccc(C(N)=O)c1. The molecule has 0 fully saturated rings. The van der Waals surface area contributed by atoms with E-state index < -0.39 is 5.91 Å². The van der Waals surface area contributed by atoms with Gasteiger partial charge < -0.3 is 21.1 Å². The van der Waals surface area contributed by atoms with Crippen molar-refractivity contribution in [3.05, 3.63) is 35.4 Å². The van der Waals surface area contributed by atoms with Gasteiger partial charge in [-0.2, -0.15) is 0 Å². The quantitative estimate of drug-likeness (QED) is 0.385. The van der Waals surface area contributed by atoms with Crippen LogP contribution in [-0.2, 0) is 11.3 Å². The molecule has 6 heteroatoms. The molecule has 0 saturated heterocycles. The number of carbonyl (C=O) groups excluding carboxylic acids is 1. The van der Waals surface area contributed by atoms with E-state index in [0.717, 1.165) is 5.56 Å². The van der Waals surface area contributed by atoms with Crippen LogP contribution in [0.5, 0.6) is 0 Å². The van der Waals surface area contributed by atoms with Gasteiger partial charge in [0.15, 0.2) is 5.96 Å². The minimum Gasteiger partial charge on any atom is -0.380 e. The number of nitrogens with one attached hydrogen (secondary N) is 2. The summed E-state index contributed by atoms with van der Waals surface area (Å²) in [5, 5.41) is 6.29. The molecule has 1 aromatic rings.